The Morgan fingerprint density at radius 2 is 1.59 bits per heavy atom. The largest absolute Gasteiger partial charge is 0.508 e. The number of phenols is 4. The molecule has 0 amide bonds. The highest BCUT2D eigenvalue weighted by atomic mass is 16.5. The zero-order valence-electron chi connectivity index (χ0n) is 11.1. The molecule has 0 radical (unpaired) electrons. The second kappa shape index (κ2) is 4.81. The van der Waals surface area contributed by atoms with Gasteiger partial charge in [0.05, 0.1) is 5.56 Å². The zero-order chi connectivity index (χ0) is 16.0. The van der Waals surface area contributed by atoms with Crippen LogP contribution in [-0.4, -0.2) is 37.4 Å². The molecule has 0 bridgehead atoms. The topological polar surface area (TPSA) is 127 Å². The normalized spacial score (nSPS) is 20.3. The lowest BCUT2D eigenvalue weighted by Gasteiger charge is -2.30. The number of aliphatic hydroxyl groups is 1. The Morgan fingerprint density at radius 1 is 0.955 bits per heavy atom. The van der Waals surface area contributed by atoms with Crippen molar-refractivity contribution in [1.82, 2.24) is 0 Å². The fourth-order valence-electron chi connectivity index (χ4n) is 2.46. The lowest BCUT2D eigenvalue weighted by atomic mass is 9.92. The number of hydrogen-bond donors (Lipinski definition) is 5. The molecular weight excluding hydrogens is 292 g/mol. The number of aliphatic hydroxyl groups excluding tert-OH is 1. The number of Topliss-reactive ketones (excluding diaryl/α,β-unsaturated/α-hetero) is 1. The van der Waals surface area contributed by atoms with Gasteiger partial charge in [0.2, 0.25) is 5.78 Å². The van der Waals surface area contributed by atoms with Crippen LogP contribution < -0.4 is 4.74 Å². The lowest BCUT2D eigenvalue weighted by Crippen LogP contribution is -2.36. The van der Waals surface area contributed by atoms with Gasteiger partial charge in [-0.15, -0.1) is 0 Å². The smallest absolute Gasteiger partial charge is 0.202 e. The maximum Gasteiger partial charge on any atom is 0.202 e. The van der Waals surface area contributed by atoms with Crippen molar-refractivity contribution >= 4 is 5.78 Å². The molecule has 2 aromatic carbocycles. The average molecular weight is 304 g/mol. The van der Waals surface area contributed by atoms with Crippen molar-refractivity contribution in [3.8, 4) is 28.7 Å². The molecule has 0 unspecified atom stereocenters. The van der Waals surface area contributed by atoms with Crippen LogP contribution in [0.1, 0.15) is 22.0 Å². The van der Waals surface area contributed by atoms with E-state index >= 15 is 0 Å². The predicted molar refractivity (Wildman–Crippen MR) is 73.2 cm³/mol. The quantitative estimate of drug-likeness (QED) is 0.535. The summed E-state index contributed by atoms with van der Waals surface area (Å²) >= 11 is 0. The van der Waals surface area contributed by atoms with E-state index in [2.05, 4.69) is 0 Å². The molecule has 2 aromatic rings. The number of ether oxygens (including phenoxy) is 1. The molecule has 7 heteroatoms. The van der Waals surface area contributed by atoms with Gasteiger partial charge in [0.15, 0.2) is 12.2 Å². The number of carbonyl (C=O) groups excluding carboxylic acids is 1. The van der Waals surface area contributed by atoms with Crippen LogP contribution in [0.25, 0.3) is 0 Å². The van der Waals surface area contributed by atoms with Crippen LogP contribution in [0.2, 0.25) is 0 Å². The average Bonchev–Trinajstić information content (AvgIpc) is 2.43. The first-order chi connectivity index (χ1) is 10.4. The maximum atomic E-state index is 12.2. The van der Waals surface area contributed by atoms with E-state index in [4.69, 9.17) is 4.74 Å². The van der Waals surface area contributed by atoms with Crippen molar-refractivity contribution in [3.63, 3.8) is 0 Å². The molecule has 114 valence electrons. The van der Waals surface area contributed by atoms with Crippen molar-refractivity contribution in [3.05, 3.63) is 41.5 Å². The molecule has 0 saturated heterocycles. The third-order valence-electron chi connectivity index (χ3n) is 3.47. The van der Waals surface area contributed by atoms with Crippen LogP contribution in [0, 0.1) is 0 Å². The molecule has 2 atom stereocenters. The summed E-state index contributed by atoms with van der Waals surface area (Å²) in [6.45, 7) is 0. The molecule has 7 nitrogen and oxygen atoms in total. The van der Waals surface area contributed by atoms with Gasteiger partial charge in [-0.25, -0.2) is 0 Å². The first kappa shape index (κ1) is 14.0. The maximum absolute atomic E-state index is 12.2. The summed E-state index contributed by atoms with van der Waals surface area (Å²) in [6.07, 6.45) is -3.11. The van der Waals surface area contributed by atoms with Crippen LogP contribution in [-0.2, 0) is 0 Å². The van der Waals surface area contributed by atoms with Crippen molar-refractivity contribution in [1.29, 1.82) is 0 Å². The fourth-order valence-corrected chi connectivity index (χ4v) is 2.46. The molecule has 1 aliphatic rings. The Balaban J connectivity index is 2.15. The summed E-state index contributed by atoms with van der Waals surface area (Å²) in [6, 6.07) is 5.97. The van der Waals surface area contributed by atoms with Gasteiger partial charge in [-0.05, 0) is 12.1 Å². The second-order valence-electron chi connectivity index (χ2n) is 4.90. The highest BCUT2D eigenvalue weighted by Gasteiger charge is 2.41. The van der Waals surface area contributed by atoms with Gasteiger partial charge in [0, 0.05) is 12.1 Å². The highest BCUT2D eigenvalue weighted by Crippen LogP contribution is 2.45. The van der Waals surface area contributed by atoms with Crippen LogP contribution in [0.3, 0.4) is 0 Å². The van der Waals surface area contributed by atoms with E-state index in [0.29, 0.717) is 0 Å². The van der Waals surface area contributed by atoms with E-state index in [1.807, 2.05) is 0 Å². The summed E-state index contributed by atoms with van der Waals surface area (Å²) in [5, 5.41) is 49.0. The van der Waals surface area contributed by atoms with E-state index < -0.39 is 23.7 Å². The van der Waals surface area contributed by atoms with Gasteiger partial charge < -0.3 is 30.3 Å². The molecule has 0 aliphatic carbocycles. The number of rotatable bonds is 1. The zero-order valence-corrected chi connectivity index (χ0v) is 11.1. The van der Waals surface area contributed by atoms with Gasteiger partial charge in [-0.1, -0.05) is 6.07 Å². The Kier molecular flexibility index (Phi) is 3.07. The Hall–Kier alpha value is -2.93. The van der Waals surface area contributed by atoms with Gasteiger partial charge in [0.1, 0.15) is 34.3 Å². The minimum atomic E-state index is -1.73. The van der Waals surface area contributed by atoms with Crippen molar-refractivity contribution in [2.45, 2.75) is 12.2 Å². The monoisotopic (exact) mass is 304 g/mol. The summed E-state index contributed by atoms with van der Waals surface area (Å²) in [5.41, 5.74) is -0.423. The predicted octanol–water partition coefficient (Wildman–Crippen LogP) is 1.19. The summed E-state index contributed by atoms with van der Waals surface area (Å²) in [4.78, 5) is 12.2. The summed E-state index contributed by atoms with van der Waals surface area (Å²) in [7, 11) is 0. The molecule has 0 fully saturated rings. The Bertz CT molecular complexity index is 748. The van der Waals surface area contributed by atoms with Crippen molar-refractivity contribution < 1.29 is 35.1 Å². The summed E-state index contributed by atoms with van der Waals surface area (Å²) in [5.74, 6) is -2.57. The van der Waals surface area contributed by atoms with Gasteiger partial charge in [-0.2, -0.15) is 0 Å². The Morgan fingerprint density at radius 3 is 2.23 bits per heavy atom. The number of aromatic hydroxyl groups is 4. The first-order valence-corrected chi connectivity index (χ1v) is 6.36. The van der Waals surface area contributed by atoms with Crippen LogP contribution in [0.15, 0.2) is 30.3 Å². The SMILES string of the molecule is O=C1c2c(O)cc(O)cc2O[C@H](c2c(O)cccc2O)[C@@H]1O. The van der Waals surface area contributed by atoms with Gasteiger partial charge in [-0.3, -0.25) is 4.79 Å². The molecule has 1 heterocycles. The van der Waals surface area contributed by atoms with Gasteiger partial charge in [0.25, 0.3) is 0 Å². The standard InChI is InChI=1S/C15H12O7/c16-6-4-9(19)12-10(5-6)22-15(14(21)13(12)20)11-7(17)2-1-3-8(11)18/h1-5,14-19,21H/t14-,15-/m1/s1. The molecule has 3 rings (SSSR count). The summed E-state index contributed by atoms with van der Waals surface area (Å²) < 4.78 is 5.41. The molecule has 0 spiro atoms. The molecule has 22 heavy (non-hydrogen) atoms. The number of phenolic OH excluding ortho intramolecular Hbond substituents is 4. The molecule has 0 aromatic heterocycles. The second-order valence-corrected chi connectivity index (χ2v) is 4.90. The first-order valence-electron chi connectivity index (χ1n) is 6.36. The highest BCUT2D eigenvalue weighted by molar-refractivity contribution is 6.05. The molecule has 1 aliphatic heterocycles. The number of ketones is 1. The number of hydrogen-bond acceptors (Lipinski definition) is 7. The third-order valence-corrected chi connectivity index (χ3v) is 3.47. The van der Waals surface area contributed by atoms with Crippen LogP contribution >= 0.6 is 0 Å². The van der Waals surface area contributed by atoms with Crippen molar-refractivity contribution in [2.24, 2.45) is 0 Å². The number of benzene rings is 2. The minimum absolute atomic E-state index is 0.152. The fraction of sp³-hybridized carbons (Fsp3) is 0.133. The van der Waals surface area contributed by atoms with Gasteiger partial charge >= 0.3 is 0 Å². The van der Waals surface area contributed by atoms with E-state index in [-0.39, 0.29) is 34.1 Å². The molecular formula is C15H12O7. The Labute approximate surface area is 124 Å². The lowest BCUT2D eigenvalue weighted by molar-refractivity contribution is 0.0195. The van der Waals surface area contributed by atoms with E-state index in [1.165, 1.54) is 18.2 Å². The van der Waals surface area contributed by atoms with E-state index in [9.17, 15) is 30.3 Å². The third kappa shape index (κ3) is 1.99. The molecule has 5 N–H and O–H groups in total. The van der Waals surface area contributed by atoms with E-state index in [0.717, 1.165) is 12.1 Å². The van der Waals surface area contributed by atoms with Crippen LogP contribution in [0.5, 0.6) is 28.7 Å². The van der Waals surface area contributed by atoms with E-state index in [1.54, 1.807) is 0 Å². The minimum Gasteiger partial charge on any atom is -0.508 e. The molecule has 0 saturated carbocycles. The number of fused-ring (bicyclic) bond motifs is 1. The van der Waals surface area contributed by atoms with Crippen molar-refractivity contribution in [2.75, 3.05) is 0 Å². The number of carbonyl (C=O) groups is 1. The van der Waals surface area contributed by atoms with Crippen LogP contribution in [0.4, 0.5) is 0 Å².